The maximum atomic E-state index is 12.6. The Morgan fingerprint density at radius 2 is 1.04 bits per heavy atom. The second-order valence-electron chi connectivity index (χ2n) is 14.7. The summed E-state index contributed by atoms with van der Waals surface area (Å²) in [4.78, 5) is 35.2. The number of phosphoric acid groups is 1. The van der Waals surface area contributed by atoms with Crippen LogP contribution in [0.15, 0.2) is 12.2 Å². The van der Waals surface area contributed by atoms with Crippen molar-refractivity contribution in [3.05, 3.63) is 12.2 Å². The largest absolute Gasteiger partial charge is 0.472 e. The molecule has 0 aromatic rings. The Hall–Kier alpha value is -1.25. The van der Waals surface area contributed by atoms with Crippen LogP contribution in [0.1, 0.15) is 174 Å². The van der Waals surface area contributed by atoms with Gasteiger partial charge in [0.25, 0.3) is 0 Å². The molecule has 49 heavy (non-hydrogen) atoms. The number of unbranched alkanes of at least 4 members (excludes halogenated alkanes) is 20. The average Bonchev–Trinajstić information content (AvgIpc) is 3.04. The number of esters is 2. The van der Waals surface area contributed by atoms with Crippen LogP contribution < -0.4 is 0 Å². The average molecular weight is 719 g/mol. The Bertz CT molecular complexity index is 860. The minimum absolute atomic E-state index is 0.0323. The fourth-order valence-corrected chi connectivity index (χ4v) is 6.10. The van der Waals surface area contributed by atoms with Gasteiger partial charge in [-0.2, -0.15) is 0 Å². The van der Waals surface area contributed by atoms with Crippen molar-refractivity contribution in [3.63, 3.8) is 0 Å². The van der Waals surface area contributed by atoms with Gasteiger partial charge in [-0.05, 0) is 38.5 Å². The van der Waals surface area contributed by atoms with E-state index < -0.39 is 26.5 Å². The van der Waals surface area contributed by atoms with Gasteiger partial charge in [0.15, 0.2) is 6.10 Å². The predicted octanol–water partition coefficient (Wildman–Crippen LogP) is 10.6. The quantitative estimate of drug-likeness (QED) is 0.0224. The van der Waals surface area contributed by atoms with Crippen molar-refractivity contribution in [3.8, 4) is 0 Å². The molecular formula is C39H77NO8P+. The van der Waals surface area contributed by atoms with Gasteiger partial charge < -0.3 is 18.9 Å². The zero-order valence-electron chi connectivity index (χ0n) is 32.4. The van der Waals surface area contributed by atoms with Crippen molar-refractivity contribution < 1.29 is 42.1 Å². The summed E-state index contributed by atoms with van der Waals surface area (Å²) in [5, 5.41) is 0. The first-order chi connectivity index (χ1) is 23.5. The fraction of sp³-hybridized carbons (Fsp3) is 0.897. The third-order valence-corrected chi connectivity index (χ3v) is 9.53. The first-order valence-electron chi connectivity index (χ1n) is 19.9. The molecule has 0 aliphatic heterocycles. The third kappa shape index (κ3) is 36.3. The highest BCUT2D eigenvalue weighted by molar-refractivity contribution is 7.47. The van der Waals surface area contributed by atoms with Crippen molar-refractivity contribution in [2.24, 2.45) is 0 Å². The summed E-state index contributed by atoms with van der Waals surface area (Å²) >= 11 is 0. The monoisotopic (exact) mass is 719 g/mol. The molecule has 1 N–H and O–H groups in total. The van der Waals surface area contributed by atoms with Crippen LogP contribution in [0.25, 0.3) is 0 Å². The second kappa shape index (κ2) is 32.6. The molecule has 0 heterocycles. The van der Waals surface area contributed by atoms with Crippen LogP contribution in [0, 0.1) is 0 Å². The van der Waals surface area contributed by atoms with Crippen molar-refractivity contribution in [2.45, 2.75) is 180 Å². The van der Waals surface area contributed by atoms with Gasteiger partial charge in [-0.15, -0.1) is 0 Å². The molecule has 1 unspecified atom stereocenters. The van der Waals surface area contributed by atoms with Crippen LogP contribution in [-0.4, -0.2) is 74.9 Å². The molecule has 0 rings (SSSR count). The van der Waals surface area contributed by atoms with Crippen molar-refractivity contribution in [2.75, 3.05) is 47.5 Å². The summed E-state index contributed by atoms with van der Waals surface area (Å²) in [6.07, 6.45) is 31.1. The van der Waals surface area contributed by atoms with Crippen LogP contribution in [0.5, 0.6) is 0 Å². The minimum Gasteiger partial charge on any atom is -0.462 e. The SMILES string of the molecule is CCCCCCCC/C=C/CCCCCC(=O)OC[C@H](COP(=O)(O)OCC[N+](C)(C)C)OC(=O)CCCCCCCCCCCCCC. The summed E-state index contributed by atoms with van der Waals surface area (Å²) in [6, 6.07) is 0. The zero-order valence-corrected chi connectivity index (χ0v) is 33.3. The van der Waals surface area contributed by atoms with Gasteiger partial charge in [0.05, 0.1) is 27.7 Å². The highest BCUT2D eigenvalue weighted by Crippen LogP contribution is 2.43. The first kappa shape index (κ1) is 47.8. The maximum Gasteiger partial charge on any atom is 0.472 e. The second-order valence-corrected chi connectivity index (χ2v) is 16.1. The molecule has 0 aliphatic carbocycles. The summed E-state index contributed by atoms with van der Waals surface area (Å²) in [5.41, 5.74) is 0. The van der Waals surface area contributed by atoms with Gasteiger partial charge in [-0.25, -0.2) is 4.57 Å². The number of rotatable bonds is 36. The number of carbonyl (C=O) groups excluding carboxylic acids is 2. The first-order valence-corrected chi connectivity index (χ1v) is 21.4. The van der Waals surface area contributed by atoms with Gasteiger partial charge in [-0.1, -0.05) is 135 Å². The molecule has 0 fully saturated rings. The summed E-state index contributed by atoms with van der Waals surface area (Å²) < 4.78 is 34.2. The Morgan fingerprint density at radius 1 is 0.612 bits per heavy atom. The van der Waals surface area contributed by atoms with Crippen LogP contribution in [0.3, 0.4) is 0 Å². The lowest BCUT2D eigenvalue weighted by molar-refractivity contribution is -0.870. The lowest BCUT2D eigenvalue weighted by Gasteiger charge is -2.24. The number of nitrogens with zero attached hydrogens (tertiary/aromatic N) is 1. The van der Waals surface area contributed by atoms with E-state index >= 15 is 0 Å². The van der Waals surface area contributed by atoms with E-state index in [1.165, 1.54) is 96.3 Å². The molecule has 0 radical (unpaired) electrons. The molecule has 0 aliphatic rings. The summed E-state index contributed by atoms with van der Waals surface area (Å²) in [6.45, 7) is 4.39. The smallest absolute Gasteiger partial charge is 0.462 e. The van der Waals surface area contributed by atoms with Crippen LogP contribution in [-0.2, 0) is 32.7 Å². The number of likely N-dealkylation sites (N-methyl/N-ethyl adjacent to an activating group) is 1. The molecule has 0 aromatic carbocycles. The van der Waals surface area contributed by atoms with E-state index in [1.807, 2.05) is 21.1 Å². The van der Waals surface area contributed by atoms with E-state index in [0.29, 0.717) is 17.4 Å². The third-order valence-electron chi connectivity index (χ3n) is 8.55. The molecule has 0 saturated heterocycles. The molecule has 290 valence electrons. The molecule has 0 aromatic heterocycles. The van der Waals surface area contributed by atoms with Crippen molar-refractivity contribution in [1.82, 2.24) is 0 Å². The lowest BCUT2D eigenvalue weighted by Crippen LogP contribution is -2.37. The van der Waals surface area contributed by atoms with Crippen molar-refractivity contribution in [1.29, 1.82) is 0 Å². The van der Waals surface area contributed by atoms with Gasteiger partial charge in [0.1, 0.15) is 19.8 Å². The number of allylic oxidation sites excluding steroid dienone is 2. The Labute approximate surface area is 301 Å². The number of phosphoric ester groups is 1. The Kier molecular flexibility index (Phi) is 31.8. The van der Waals surface area contributed by atoms with Gasteiger partial charge in [-0.3, -0.25) is 18.6 Å². The van der Waals surface area contributed by atoms with Crippen molar-refractivity contribution >= 4 is 19.8 Å². The van der Waals surface area contributed by atoms with Gasteiger partial charge in [0.2, 0.25) is 0 Å². The molecule has 0 amide bonds. The minimum atomic E-state index is -4.36. The highest BCUT2D eigenvalue weighted by Gasteiger charge is 2.27. The molecular weight excluding hydrogens is 641 g/mol. The molecule has 9 nitrogen and oxygen atoms in total. The fourth-order valence-electron chi connectivity index (χ4n) is 5.36. The number of ether oxygens (including phenoxy) is 2. The van der Waals surface area contributed by atoms with Crippen LogP contribution in [0.4, 0.5) is 0 Å². The zero-order chi connectivity index (χ0) is 36.5. The van der Waals surface area contributed by atoms with Gasteiger partial charge >= 0.3 is 19.8 Å². The van der Waals surface area contributed by atoms with Gasteiger partial charge in [0, 0.05) is 12.8 Å². The number of hydrogen-bond donors (Lipinski definition) is 1. The lowest BCUT2D eigenvalue weighted by atomic mass is 10.0. The number of carbonyl (C=O) groups is 2. The van der Waals surface area contributed by atoms with E-state index in [-0.39, 0.29) is 32.0 Å². The Morgan fingerprint density at radius 3 is 1.53 bits per heavy atom. The topological polar surface area (TPSA) is 108 Å². The standard InChI is InChI=1S/C39H76NO8P/c1-6-8-10-12-14-16-18-20-22-23-25-27-29-31-38(41)45-35-37(36-47-49(43,44)46-34-33-40(3,4)5)48-39(42)32-30-28-26-24-21-19-17-15-13-11-9-7-2/h20,22,37H,6-19,21,23-36H2,1-5H3/p+1/b22-20+/t37-/m1/s1. The van der Waals surface area contributed by atoms with E-state index in [1.54, 1.807) is 0 Å². The highest BCUT2D eigenvalue weighted by atomic mass is 31.2. The van der Waals surface area contributed by atoms with E-state index in [0.717, 1.165) is 44.9 Å². The van der Waals surface area contributed by atoms with E-state index in [9.17, 15) is 19.0 Å². The molecule has 2 atom stereocenters. The maximum absolute atomic E-state index is 12.6. The number of quaternary nitrogens is 1. The van der Waals surface area contributed by atoms with E-state index in [4.69, 9.17) is 18.5 Å². The Balaban J connectivity index is 4.43. The van der Waals surface area contributed by atoms with Crippen LogP contribution >= 0.6 is 7.82 Å². The normalized spacial score (nSPS) is 13.8. The molecule has 0 bridgehead atoms. The number of hydrogen-bond acceptors (Lipinski definition) is 7. The molecule has 10 heteroatoms. The predicted molar refractivity (Wildman–Crippen MR) is 201 cm³/mol. The molecule has 0 saturated carbocycles. The summed E-state index contributed by atoms with van der Waals surface area (Å²) in [5.74, 6) is -0.813. The summed E-state index contributed by atoms with van der Waals surface area (Å²) in [7, 11) is 1.47. The van der Waals surface area contributed by atoms with E-state index in [2.05, 4.69) is 26.0 Å². The van der Waals surface area contributed by atoms with Crippen LogP contribution in [0.2, 0.25) is 0 Å². The molecule has 0 spiro atoms.